The molecule has 0 fully saturated rings. The Morgan fingerprint density at radius 2 is 2.28 bits per heavy atom. The molecule has 0 unspecified atom stereocenters. The third-order valence-corrected chi connectivity index (χ3v) is 3.46. The van der Waals surface area contributed by atoms with Crippen molar-refractivity contribution in [1.82, 2.24) is 15.1 Å². The number of aromatic nitrogens is 2. The number of hydrogen-bond acceptors (Lipinski definition) is 3. The van der Waals surface area contributed by atoms with Crippen molar-refractivity contribution in [2.75, 3.05) is 23.4 Å². The van der Waals surface area contributed by atoms with Gasteiger partial charge in [-0.1, -0.05) is 6.92 Å². The first-order chi connectivity index (χ1) is 8.63. The van der Waals surface area contributed by atoms with Crippen LogP contribution in [-0.4, -0.2) is 33.9 Å². The molecule has 1 aromatic heterocycles. The minimum Gasteiger partial charge on any atom is -0.337 e. The number of rotatable bonds is 7. The lowest BCUT2D eigenvalue weighted by Gasteiger charge is -2.06. The summed E-state index contributed by atoms with van der Waals surface area (Å²) in [5.74, 6) is 2.09. The second kappa shape index (κ2) is 8.02. The molecule has 0 bridgehead atoms. The molecule has 2 N–H and O–H groups in total. The normalized spacial score (nSPS) is 10.7. The Labute approximate surface area is 113 Å². The standard InChI is InChI=1S/C12H22N4OS/c1-4-6-18-7-5-13-12(17)15-11-8-14-16(9-11)10(2)3/h8-10H,4-7H2,1-3H3,(H2,13,15,17). The number of carbonyl (C=O) groups excluding carboxylic acids is 1. The molecule has 0 spiro atoms. The molecule has 2 amide bonds. The van der Waals surface area contributed by atoms with Crippen LogP contribution in [-0.2, 0) is 0 Å². The minimum atomic E-state index is -0.171. The van der Waals surface area contributed by atoms with Crippen LogP contribution in [0.15, 0.2) is 12.4 Å². The highest BCUT2D eigenvalue weighted by Crippen LogP contribution is 2.09. The number of nitrogens with zero attached hydrogens (tertiary/aromatic N) is 2. The van der Waals surface area contributed by atoms with Gasteiger partial charge in [-0.15, -0.1) is 0 Å². The van der Waals surface area contributed by atoms with Crippen molar-refractivity contribution in [3.8, 4) is 0 Å². The smallest absolute Gasteiger partial charge is 0.319 e. The molecule has 0 radical (unpaired) electrons. The molecule has 0 aliphatic rings. The maximum atomic E-state index is 11.6. The topological polar surface area (TPSA) is 59.0 Å². The fraction of sp³-hybridized carbons (Fsp3) is 0.667. The van der Waals surface area contributed by atoms with Crippen LogP contribution in [0.5, 0.6) is 0 Å². The van der Waals surface area contributed by atoms with E-state index in [-0.39, 0.29) is 6.03 Å². The average molecular weight is 270 g/mol. The van der Waals surface area contributed by atoms with Crippen molar-refractivity contribution in [2.45, 2.75) is 33.2 Å². The summed E-state index contributed by atoms with van der Waals surface area (Å²) in [6.45, 7) is 6.93. The number of nitrogens with one attached hydrogen (secondary N) is 2. The van der Waals surface area contributed by atoms with E-state index in [9.17, 15) is 4.79 Å². The maximum absolute atomic E-state index is 11.6. The van der Waals surface area contributed by atoms with Gasteiger partial charge in [0, 0.05) is 24.5 Å². The first-order valence-corrected chi connectivity index (χ1v) is 7.45. The van der Waals surface area contributed by atoms with E-state index in [1.807, 2.05) is 36.5 Å². The van der Waals surface area contributed by atoms with Crippen LogP contribution < -0.4 is 10.6 Å². The summed E-state index contributed by atoms with van der Waals surface area (Å²) in [6, 6.07) is 0.129. The number of urea groups is 1. The highest BCUT2D eigenvalue weighted by molar-refractivity contribution is 7.99. The van der Waals surface area contributed by atoms with Gasteiger partial charge in [-0.25, -0.2) is 4.79 Å². The summed E-state index contributed by atoms with van der Waals surface area (Å²) in [7, 11) is 0. The molecule has 1 rings (SSSR count). The molecule has 5 nitrogen and oxygen atoms in total. The zero-order valence-corrected chi connectivity index (χ0v) is 12.1. The van der Waals surface area contributed by atoms with Crippen LogP contribution in [0, 0.1) is 0 Å². The van der Waals surface area contributed by atoms with E-state index in [0.717, 1.165) is 17.2 Å². The third kappa shape index (κ3) is 5.44. The van der Waals surface area contributed by atoms with E-state index in [1.54, 1.807) is 6.20 Å². The zero-order valence-electron chi connectivity index (χ0n) is 11.3. The summed E-state index contributed by atoms with van der Waals surface area (Å²) >= 11 is 1.85. The Morgan fingerprint density at radius 3 is 2.89 bits per heavy atom. The Morgan fingerprint density at radius 1 is 1.50 bits per heavy atom. The highest BCUT2D eigenvalue weighted by atomic mass is 32.2. The van der Waals surface area contributed by atoms with Gasteiger partial charge in [-0.2, -0.15) is 16.9 Å². The number of carbonyl (C=O) groups is 1. The molecule has 0 aliphatic heterocycles. The van der Waals surface area contributed by atoms with E-state index in [1.165, 1.54) is 6.42 Å². The Kier molecular flexibility index (Phi) is 6.64. The monoisotopic (exact) mass is 270 g/mol. The van der Waals surface area contributed by atoms with Crippen LogP contribution in [0.3, 0.4) is 0 Å². The molecule has 1 heterocycles. The van der Waals surface area contributed by atoms with Gasteiger partial charge in [0.25, 0.3) is 0 Å². The average Bonchev–Trinajstić information content (AvgIpc) is 2.77. The lowest BCUT2D eigenvalue weighted by Crippen LogP contribution is -2.30. The quantitative estimate of drug-likeness (QED) is 0.749. The molecule has 0 saturated heterocycles. The van der Waals surface area contributed by atoms with Crippen molar-refractivity contribution in [3.63, 3.8) is 0 Å². The van der Waals surface area contributed by atoms with Crippen LogP contribution >= 0.6 is 11.8 Å². The summed E-state index contributed by atoms with van der Waals surface area (Å²) < 4.78 is 1.81. The second-order valence-electron chi connectivity index (χ2n) is 4.30. The van der Waals surface area contributed by atoms with Gasteiger partial charge in [-0.05, 0) is 26.0 Å². The summed E-state index contributed by atoms with van der Waals surface area (Å²) in [5, 5.41) is 9.75. The van der Waals surface area contributed by atoms with Crippen LogP contribution in [0.4, 0.5) is 10.5 Å². The zero-order chi connectivity index (χ0) is 13.4. The molecule has 102 valence electrons. The summed E-state index contributed by atoms with van der Waals surface area (Å²) in [4.78, 5) is 11.6. The number of hydrogen-bond donors (Lipinski definition) is 2. The lowest BCUT2D eigenvalue weighted by molar-refractivity contribution is 0.252. The van der Waals surface area contributed by atoms with Crippen LogP contribution in [0.25, 0.3) is 0 Å². The lowest BCUT2D eigenvalue weighted by atomic mass is 10.4. The van der Waals surface area contributed by atoms with Gasteiger partial charge in [-0.3, -0.25) is 4.68 Å². The fourth-order valence-corrected chi connectivity index (χ4v) is 2.08. The molecule has 0 aliphatic carbocycles. The molecule has 0 atom stereocenters. The Hall–Kier alpha value is -1.17. The van der Waals surface area contributed by atoms with Crippen molar-refractivity contribution >= 4 is 23.5 Å². The maximum Gasteiger partial charge on any atom is 0.319 e. The first kappa shape index (κ1) is 14.9. The van der Waals surface area contributed by atoms with E-state index in [2.05, 4.69) is 22.7 Å². The SMILES string of the molecule is CCCSCCNC(=O)Nc1cnn(C(C)C)c1. The van der Waals surface area contributed by atoms with E-state index in [0.29, 0.717) is 12.6 Å². The van der Waals surface area contributed by atoms with E-state index in [4.69, 9.17) is 0 Å². The van der Waals surface area contributed by atoms with Crippen LogP contribution in [0.1, 0.15) is 33.2 Å². The highest BCUT2D eigenvalue weighted by Gasteiger charge is 2.04. The van der Waals surface area contributed by atoms with Crippen molar-refractivity contribution in [1.29, 1.82) is 0 Å². The molecule has 18 heavy (non-hydrogen) atoms. The Balaban J connectivity index is 2.22. The predicted octanol–water partition coefficient (Wildman–Crippen LogP) is 2.73. The van der Waals surface area contributed by atoms with Crippen LogP contribution in [0.2, 0.25) is 0 Å². The fourth-order valence-electron chi connectivity index (χ4n) is 1.34. The van der Waals surface area contributed by atoms with Gasteiger partial charge in [0.05, 0.1) is 11.9 Å². The molecule has 1 aromatic rings. The van der Waals surface area contributed by atoms with Crippen molar-refractivity contribution in [3.05, 3.63) is 12.4 Å². The largest absolute Gasteiger partial charge is 0.337 e. The second-order valence-corrected chi connectivity index (χ2v) is 5.52. The number of amides is 2. The van der Waals surface area contributed by atoms with Gasteiger partial charge in [0.2, 0.25) is 0 Å². The molecule has 0 saturated carbocycles. The van der Waals surface area contributed by atoms with E-state index >= 15 is 0 Å². The predicted molar refractivity (Wildman–Crippen MR) is 77.2 cm³/mol. The first-order valence-electron chi connectivity index (χ1n) is 6.30. The van der Waals surface area contributed by atoms with Crippen molar-refractivity contribution in [2.24, 2.45) is 0 Å². The summed E-state index contributed by atoms with van der Waals surface area (Å²) in [6.07, 6.45) is 4.66. The van der Waals surface area contributed by atoms with Gasteiger partial charge in [0.15, 0.2) is 0 Å². The molecular formula is C12H22N4OS. The van der Waals surface area contributed by atoms with Crippen molar-refractivity contribution < 1.29 is 4.79 Å². The number of thioether (sulfide) groups is 1. The van der Waals surface area contributed by atoms with Gasteiger partial charge < -0.3 is 10.6 Å². The van der Waals surface area contributed by atoms with E-state index < -0.39 is 0 Å². The van der Waals surface area contributed by atoms with Gasteiger partial charge >= 0.3 is 6.03 Å². The molecular weight excluding hydrogens is 248 g/mol. The third-order valence-electron chi connectivity index (χ3n) is 2.27. The molecule has 0 aromatic carbocycles. The Bertz CT molecular complexity index is 365. The number of anilines is 1. The summed E-state index contributed by atoms with van der Waals surface area (Å²) in [5.41, 5.74) is 0.724. The van der Waals surface area contributed by atoms with Gasteiger partial charge in [0.1, 0.15) is 0 Å². The molecule has 6 heteroatoms. The minimum absolute atomic E-state index is 0.171.